The van der Waals surface area contributed by atoms with Crippen LogP contribution in [0.5, 0.6) is 0 Å². The normalized spacial score (nSPS) is 21.6. The van der Waals surface area contributed by atoms with Crippen molar-refractivity contribution >= 4 is 52.3 Å². The van der Waals surface area contributed by atoms with Gasteiger partial charge in [-0.25, -0.2) is 0 Å². The van der Waals surface area contributed by atoms with Gasteiger partial charge in [-0.2, -0.15) is 13.2 Å². The lowest BCUT2D eigenvalue weighted by Crippen LogP contribution is -2.54. The van der Waals surface area contributed by atoms with Crippen LogP contribution in [0.15, 0.2) is 60.4 Å². The second kappa shape index (κ2) is 12.9. The fourth-order valence-corrected chi connectivity index (χ4v) is 6.97. The monoisotopic (exact) mass is 718 g/mol. The zero-order valence-electron chi connectivity index (χ0n) is 27.4. The number of imide groups is 2. The molecule has 0 aromatic heterocycles. The third-order valence-corrected chi connectivity index (χ3v) is 10.5. The van der Waals surface area contributed by atoms with Gasteiger partial charge in [-0.15, -0.1) is 0 Å². The van der Waals surface area contributed by atoms with E-state index in [2.05, 4.69) is 34.4 Å². The van der Waals surface area contributed by atoms with Crippen LogP contribution in [0.4, 0.5) is 24.5 Å². The predicted molar refractivity (Wildman–Crippen MR) is 184 cm³/mol. The summed E-state index contributed by atoms with van der Waals surface area (Å²) in [5, 5.41) is 17.4. The number of nitrogens with one attached hydrogen (secondary N) is 4. The molecule has 3 heterocycles. The van der Waals surface area contributed by atoms with Gasteiger partial charge in [-0.3, -0.25) is 29.4 Å². The van der Waals surface area contributed by atoms with Gasteiger partial charge in [0.25, 0.3) is 11.8 Å². The number of hydrogen-bond acceptors (Lipinski definition) is 8. The van der Waals surface area contributed by atoms with E-state index in [0.29, 0.717) is 35.8 Å². The van der Waals surface area contributed by atoms with Crippen molar-refractivity contribution < 1.29 is 32.3 Å². The van der Waals surface area contributed by atoms with Crippen molar-refractivity contribution in [1.29, 1.82) is 5.41 Å². The van der Waals surface area contributed by atoms with E-state index in [9.17, 15) is 32.3 Å². The van der Waals surface area contributed by atoms with Gasteiger partial charge in [-0.1, -0.05) is 30.0 Å². The second-order valence-corrected chi connectivity index (χ2v) is 14.1. The average Bonchev–Trinajstić information content (AvgIpc) is 3.86. The molecule has 3 aliphatic heterocycles. The van der Waals surface area contributed by atoms with Crippen LogP contribution in [0, 0.1) is 29.1 Å². The molecule has 4 N–H and O–H groups in total. The Hall–Kier alpha value is -5.09. The van der Waals surface area contributed by atoms with Gasteiger partial charge >= 0.3 is 6.18 Å². The topological polar surface area (TPSA) is 135 Å². The molecule has 2 aromatic rings. The molecular formula is C37H34ClF3N6O4. The van der Waals surface area contributed by atoms with Gasteiger partial charge in [-0.05, 0) is 74.9 Å². The molecule has 0 bridgehead atoms. The maximum Gasteiger partial charge on any atom is 0.416 e. The average molecular weight is 719 g/mol. The molecule has 2 aromatic carbocycles. The Bertz CT molecular complexity index is 1980. The third kappa shape index (κ3) is 6.60. The molecule has 14 heteroatoms. The Morgan fingerprint density at radius 1 is 1.04 bits per heavy atom. The van der Waals surface area contributed by atoms with Crippen molar-refractivity contribution in [2.24, 2.45) is 11.8 Å². The summed E-state index contributed by atoms with van der Waals surface area (Å²) in [7, 11) is 0. The number of nitrogens with zero attached hydrogens (tertiary/aromatic N) is 2. The van der Waals surface area contributed by atoms with Crippen LogP contribution in [-0.2, 0) is 15.8 Å². The predicted octanol–water partition coefficient (Wildman–Crippen LogP) is 5.65. The fraction of sp³-hybridized carbons (Fsp3) is 0.378. The van der Waals surface area contributed by atoms with Crippen molar-refractivity contribution in [1.82, 2.24) is 15.5 Å². The van der Waals surface area contributed by atoms with Gasteiger partial charge in [0.05, 0.1) is 50.1 Å². The van der Waals surface area contributed by atoms with Crippen LogP contribution in [0.2, 0.25) is 5.02 Å². The van der Waals surface area contributed by atoms with E-state index in [4.69, 9.17) is 17.0 Å². The zero-order chi connectivity index (χ0) is 36.2. The minimum absolute atomic E-state index is 0.0120. The Morgan fingerprint density at radius 3 is 2.39 bits per heavy atom. The number of carbonyl (C=O) groups is 4. The summed E-state index contributed by atoms with van der Waals surface area (Å²) in [4.78, 5) is 53.2. The number of allylic oxidation sites excluding steroid dienone is 1. The zero-order valence-corrected chi connectivity index (χ0v) is 28.1. The number of alkyl halides is 3. The molecule has 2 saturated carbocycles. The molecule has 2 saturated heterocycles. The SMILES string of the molecule is C=C(Nc1ccc(C(F)(F)F)cc1Cl)C1(N/C=C(/C#CC2CN(c3ccc4c(c3)C(=O)N(C3CCC(=O)NC3=O)C4=O)C2)C(=N)C2CC2)CCC1. The lowest BCUT2D eigenvalue weighted by atomic mass is 9.74. The molecular weight excluding hydrogens is 685 g/mol. The minimum Gasteiger partial charge on any atom is -0.379 e. The summed E-state index contributed by atoms with van der Waals surface area (Å²) in [6.07, 6.45) is 1.58. The number of amides is 4. The van der Waals surface area contributed by atoms with Crippen LogP contribution >= 0.6 is 11.6 Å². The van der Waals surface area contributed by atoms with E-state index in [1.807, 2.05) is 4.90 Å². The van der Waals surface area contributed by atoms with E-state index >= 15 is 0 Å². The van der Waals surface area contributed by atoms with Gasteiger partial charge in [0.15, 0.2) is 0 Å². The third-order valence-electron chi connectivity index (χ3n) is 10.2. The van der Waals surface area contributed by atoms with Crippen LogP contribution in [-0.4, -0.2) is 58.9 Å². The minimum atomic E-state index is -4.50. The quantitative estimate of drug-likeness (QED) is 0.150. The van der Waals surface area contributed by atoms with E-state index in [0.717, 1.165) is 54.8 Å². The number of benzene rings is 2. The molecule has 1 atom stereocenters. The van der Waals surface area contributed by atoms with Crippen molar-refractivity contribution in [3.8, 4) is 11.8 Å². The van der Waals surface area contributed by atoms with Gasteiger partial charge < -0.3 is 20.9 Å². The maximum absolute atomic E-state index is 13.2. The van der Waals surface area contributed by atoms with Crippen molar-refractivity contribution in [3.63, 3.8) is 0 Å². The van der Waals surface area contributed by atoms with Crippen molar-refractivity contribution in [3.05, 3.63) is 82.2 Å². The van der Waals surface area contributed by atoms with Crippen molar-refractivity contribution in [2.75, 3.05) is 23.3 Å². The lowest BCUT2D eigenvalue weighted by Gasteiger charge is -2.44. The standard InChI is InChI=1S/C37H34ClF3N6O4/c1-20(44-29-10-7-24(15-28(29)38)37(39,40)41)36(13-2-14-36)43-17-23(32(42)22-5-6-22)4-3-21-18-46(19-21)25-8-9-26-27(16-25)35(51)47(34(26)50)30-11-12-31(48)45-33(30)49/h7-10,15-17,21-22,30,42-44H,1-2,5-6,11-14,18-19H2,(H,45,48,49)/b23-17-,42-32?. The fourth-order valence-electron chi connectivity index (χ4n) is 6.74. The van der Waals surface area contributed by atoms with E-state index in [1.54, 1.807) is 24.4 Å². The van der Waals surface area contributed by atoms with Gasteiger partial charge in [0.2, 0.25) is 11.8 Å². The number of piperidine rings is 1. The number of fused-ring (bicyclic) bond motifs is 1. The first-order valence-corrected chi connectivity index (χ1v) is 17.1. The Labute approximate surface area is 297 Å². The molecule has 4 amide bonds. The molecule has 2 aliphatic carbocycles. The second-order valence-electron chi connectivity index (χ2n) is 13.7. The molecule has 1 unspecified atom stereocenters. The summed E-state index contributed by atoms with van der Waals surface area (Å²) in [5.41, 5.74) is 1.65. The Morgan fingerprint density at radius 2 is 1.76 bits per heavy atom. The molecule has 10 nitrogen and oxygen atoms in total. The van der Waals surface area contributed by atoms with Crippen LogP contribution in [0.25, 0.3) is 0 Å². The summed E-state index contributed by atoms with van der Waals surface area (Å²) in [6, 6.07) is 7.11. The van der Waals surface area contributed by atoms with Crippen LogP contribution in [0.1, 0.15) is 71.2 Å². The highest BCUT2D eigenvalue weighted by Crippen LogP contribution is 2.41. The number of halogens is 4. The summed E-state index contributed by atoms with van der Waals surface area (Å²) < 4.78 is 39.4. The van der Waals surface area contributed by atoms with Crippen LogP contribution in [0.3, 0.4) is 0 Å². The summed E-state index contributed by atoms with van der Waals surface area (Å²) in [6.45, 7) is 5.31. The summed E-state index contributed by atoms with van der Waals surface area (Å²) >= 11 is 6.18. The van der Waals surface area contributed by atoms with E-state index in [1.165, 1.54) is 6.07 Å². The van der Waals surface area contributed by atoms with Gasteiger partial charge in [0.1, 0.15) is 6.04 Å². The highest BCUT2D eigenvalue weighted by atomic mass is 35.5. The summed E-state index contributed by atoms with van der Waals surface area (Å²) in [5.74, 6) is 4.42. The number of carbonyl (C=O) groups excluding carboxylic acids is 4. The van der Waals surface area contributed by atoms with Crippen LogP contribution < -0.4 is 20.9 Å². The van der Waals surface area contributed by atoms with E-state index in [-0.39, 0.29) is 40.8 Å². The number of rotatable bonds is 9. The Kier molecular flexibility index (Phi) is 8.70. The molecule has 0 spiro atoms. The lowest BCUT2D eigenvalue weighted by molar-refractivity contribution is -0.138. The van der Waals surface area contributed by atoms with E-state index < -0.39 is 46.9 Å². The highest BCUT2D eigenvalue weighted by molar-refractivity contribution is 6.33. The largest absolute Gasteiger partial charge is 0.416 e. The maximum atomic E-state index is 13.2. The number of hydrogen-bond donors (Lipinski definition) is 4. The first-order valence-electron chi connectivity index (χ1n) is 16.8. The molecule has 5 aliphatic rings. The smallest absolute Gasteiger partial charge is 0.379 e. The highest BCUT2D eigenvalue weighted by Gasteiger charge is 2.45. The Balaban J connectivity index is 1.01. The molecule has 4 fully saturated rings. The molecule has 7 rings (SSSR count). The molecule has 0 radical (unpaired) electrons. The first kappa shape index (κ1) is 34.4. The first-order chi connectivity index (χ1) is 24.2. The molecule has 264 valence electrons. The molecule has 51 heavy (non-hydrogen) atoms. The van der Waals surface area contributed by atoms with Crippen molar-refractivity contribution in [2.45, 2.75) is 62.7 Å². The number of anilines is 2. The van der Waals surface area contributed by atoms with Gasteiger partial charge in [0, 0.05) is 43.0 Å².